The van der Waals surface area contributed by atoms with Gasteiger partial charge in [-0.05, 0) is 27.7 Å². The molecule has 0 bridgehead atoms. The first-order chi connectivity index (χ1) is 14.7. The third-order valence-corrected chi connectivity index (χ3v) is 1.45. The molecule has 0 spiro atoms. The van der Waals surface area contributed by atoms with Gasteiger partial charge in [0.25, 0.3) is 0 Å². The first-order valence-electron chi connectivity index (χ1n) is 8.70. The Morgan fingerprint density at radius 2 is 0.839 bits per heavy atom. The molecule has 31 heavy (non-hydrogen) atoms. The van der Waals surface area contributed by atoms with E-state index in [0.717, 1.165) is 13.2 Å². The molecule has 0 heterocycles. The molecular formula is C23H52O7S. The van der Waals surface area contributed by atoms with Crippen molar-refractivity contribution >= 4 is 10.4 Å². The molecule has 7 nitrogen and oxygen atoms in total. The number of hydrogen-bond donors (Lipinski definition) is 3. The monoisotopic (exact) mass is 472 g/mol. The van der Waals surface area contributed by atoms with Gasteiger partial charge in [0.1, 0.15) is 0 Å². The van der Waals surface area contributed by atoms with Crippen LogP contribution in [0, 0.1) is 0 Å². The molecule has 3 N–H and O–H groups in total. The molecule has 0 atom stereocenters. The smallest absolute Gasteiger partial charge is 0.394 e. The van der Waals surface area contributed by atoms with Crippen molar-refractivity contribution in [3.8, 4) is 0 Å². The summed E-state index contributed by atoms with van der Waals surface area (Å²) in [5.74, 6) is 0. The van der Waals surface area contributed by atoms with Crippen molar-refractivity contribution in [2.75, 3.05) is 26.4 Å². The first-order valence-corrected chi connectivity index (χ1v) is 10.1. The minimum atomic E-state index is -4.22. The van der Waals surface area contributed by atoms with Gasteiger partial charge in [-0.2, -0.15) is 8.42 Å². The summed E-state index contributed by atoms with van der Waals surface area (Å²) in [5.41, 5.74) is 0. The molecule has 0 aliphatic heterocycles. The van der Waals surface area contributed by atoms with Crippen LogP contribution in [0.1, 0.15) is 27.7 Å². The third kappa shape index (κ3) is 534. The zero-order valence-electron chi connectivity index (χ0n) is 20.7. The van der Waals surface area contributed by atoms with Gasteiger partial charge in [-0.15, -0.1) is 92.1 Å². The second kappa shape index (κ2) is 121. The Morgan fingerprint density at radius 3 is 0.839 bits per heavy atom. The fourth-order valence-corrected chi connectivity index (χ4v) is 0.934. The van der Waals surface area contributed by atoms with Crippen molar-refractivity contribution in [2.45, 2.75) is 33.8 Å². The van der Waals surface area contributed by atoms with Crippen LogP contribution < -0.4 is 0 Å². The molecule has 0 unspecified atom stereocenters. The van der Waals surface area contributed by atoms with Crippen LogP contribution in [0.25, 0.3) is 0 Å². The van der Waals surface area contributed by atoms with Crippen LogP contribution in [-0.2, 0) is 19.3 Å². The molecule has 0 aromatic rings. The van der Waals surface area contributed by atoms with Gasteiger partial charge in [-0.1, -0.05) is 0 Å². The van der Waals surface area contributed by atoms with Gasteiger partial charge >= 0.3 is 10.4 Å². The summed E-state index contributed by atoms with van der Waals surface area (Å²) in [6.45, 7) is 50.4. The molecule has 0 aliphatic carbocycles. The standard InChI is InChI=1S/C4H10O.C3H8O4S.C2H6O2.7C2H4/c1-3-5-4-2;1-3(2)7-8(4,5)6;3-1-2-4;7*1-2/h3-4H2,1-2H3;3H,1-2H3,(H,4,5,6);3-4H,1-2H2;7*1-2H2. The van der Waals surface area contributed by atoms with E-state index in [-0.39, 0.29) is 13.2 Å². The second-order valence-corrected chi connectivity index (χ2v) is 3.85. The van der Waals surface area contributed by atoms with Crippen LogP contribution in [-0.4, -0.2) is 55.7 Å². The molecule has 0 radical (unpaired) electrons. The Hall–Kier alpha value is -2.07. The molecule has 0 aliphatic rings. The summed E-state index contributed by atoms with van der Waals surface area (Å²) < 4.78 is 36.3. The van der Waals surface area contributed by atoms with Crippen molar-refractivity contribution in [3.05, 3.63) is 92.1 Å². The van der Waals surface area contributed by atoms with Gasteiger partial charge in [0, 0.05) is 13.2 Å². The molecule has 0 rings (SSSR count). The maximum absolute atomic E-state index is 9.78. The molecule has 0 aromatic heterocycles. The van der Waals surface area contributed by atoms with Gasteiger partial charge in [0.15, 0.2) is 0 Å². The fraction of sp³-hybridized carbons (Fsp3) is 0.391. The second-order valence-electron chi connectivity index (χ2n) is 2.80. The van der Waals surface area contributed by atoms with Crippen molar-refractivity contribution in [1.82, 2.24) is 0 Å². The van der Waals surface area contributed by atoms with E-state index in [1.54, 1.807) is 0 Å². The van der Waals surface area contributed by atoms with Crippen LogP contribution in [0.3, 0.4) is 0 Å². The molecular weight excluding hydrogens is 420 g/mol. The van der Waals surface area contributed by atoms with Crippen LogP contribution in [0.4, 0.5) is 0 Å². The van der Waals surface area contributed by atoms with Gasteiger partial charge in [-0.3, -0.25) is 4.55 Å². The van der Waals surface area contributed by atoms with Gasteiger partial charge < -0.3 is 14.9 Å². The SMILES string of the molecule is C=C.C=C.C=C.C=C.C=C.C=C.C=C.CC(C)OS(=O)(=O)O.CCOCC.OCCO. The van der Waals surface area contributed by atoms with Gasteiger partial charge in [0.05, 0.1) is 19.3 Å². The molecule has 0 aromatic carbocycles. The largest absolute Gasteiger partial charge is 0.397 e. The van der Waals surface area contributed by atoms with E-state index in [4.69, 9.17) is 19.5 Å². The van der Waals surface area contributed by atoms with Crippen molar-refractivity contribution in [3.63, 3.8) is 0 Å². The van der Waals surface area contributed by atoms with E-state index >= 15 is 0 Å². The first kappa shape index (κ1) is 63.0. The fourth-order valence-electron chi connectivity index (χ4n) is 0.447. The lowest BCUT2D eigenvalue weighted by molar-refractivity contribution is 0.162. The van der Waals surface area contributed by atoms with E-state index in [2.05, 4.69) is 96.3 Å². The molecule has 0 saturated heterocycles. The quantitative estimate of drug-likeness (QED) is 0.340. The lowest BCUT2D eigenvalue weighted by Crippen LogP contribution is -2.10. The number of hydrogen-bond acceptors (Lipinski definition) is 6. The predicted molar refractivity (Wildman–Crippen MR) is 143 cm³/mol. The van der Waals surface area contributed by atoms with E-state index in [1.165, 1.54) is 13.8 Å². The van der Waals surface area contributed by atoms with E-state index < -0.39 is 16.5 Å². The molecule has 0 saturated carbocycles. The maximum atomic E-state index is 9.78. The van der Waals surface area contributed by atoms with Gasteiger partial charge in [-0.25, -0.2) is 4.18 Å². The maximum Gasteiger partial charge on any atom is 0.397 e. The third-order valence-electron chi connectivity index (χ3n) is 0.822. The summed E-state index contributed by atoms with van der Waals surface area (Å²) in [6.07, 6.45) is -0.495. The Labute approximate surface area is 195 Å². The van der Waals surface area contributed by atoms with E-state index in [1.807, 2.05) is 13.8 Å². The summed E-state index contributed by atoms with van der Waals surface area (Å²) in [6, 6.07) is 0. The normalized spacial score (nSPS) is 6.45. The average Bonchev–Trinajstić information content (AvgIpc) is 2.82. The lowest BCUT2D eigenvalue weighted by atomic mass is 10.5. The summed E-state index contributed by atoms with van der Waals surface area (Å²) in [5, 5.41) is 15.2. The Kier molecular flexibility index (Phi) is 246. The molecule has 0 amide bonds. The topological polar surface area (TPSA) is 113 Å². The van der Waals surface area contributed by atoms with Crippen LogP contribution >= 0.6 is 0 Å². The predicted octanol–water partition coefficient (Wildman–Crippen LogP) is 5.84. The summed E-state index contributed by atoms with van der Waals surface area (Å²) in [7, 11) is -4.22. The highest BCUT2D eigenvalue weighted by Gasteiger charge is 2.05. The van der Waals surface area contributed by atoms with E-state index in [9.17, 15) is 8.42 Å². The summed E-state index contributed by atoms with van der Waals surface area (Å²) in [4.78, 5) is 0. The molecule has 192 valence electrons. The summed E-state index contributed by atoms with van der Waals surface area (Å²) >= 11 is 0. The van der Waals surface area contributed by atoms with Gasteiger partial charge in [0.2, 0.25) is 0 Å². The van der Waals surface area contributed by atoms with Crippen molar-refractivity contribution in [2.24, 2.45) is 0 Å². The van der Waals surface area contributed by atoms with E-state index in [0.29, 0.717) is 0 Å². The van der Waals surface area contributed by atoms with Crippen LogP contribution in [0.5, 0.6) is 0 Å². The number of ether oxygens (including phenoxy) is 1. The zero-order valence-corrected chi connectivity index (χ0v) is 21.5. The minimum Gasteiger partial charge on any atom is -0.394 e. The van der Waals surface area contributed by atoms with Crippen LogP contribution in [0.15, 0.2) is 92.1 Å². The highest BCUT2D eigenvalue weighted by molar-refractivity contribution is 7.80. The van der Waals surface area contributed by atoms with Crippen molar-refractivity contribution in [1.29, 1.82) is 0 Å². The Morgan fingerprint density at radius 1 is 0.645 bits per heavy atom. The number of aliphatic hydroxyl groups is 2. The van der Waals surface area contributed by atoms with Crippen molar-refractivity contribution < 1.29 is 32.1 Å². The number of aliphatic hydroxyl groups excluding tert-OH is 2. The highest BCUT2D eigenvalue weighted by Crippen LogP contribution is 1.92. The Bertz CT molecular complexity index is 285. The Balaban J connectivity index is -0.0000000213. The zero-order chi connectivity index (χ0) is 28.3. The number of rotatable bonds is 5. The molecule has 8 heteroatoms. The lowest BCUT2D eigenvalue weighted by Gasteiger charge is -1.99. The molecule has 0 fully saturated rings. The average molecular weight is 473 g/mol. The highest BCUT2D eigenvalue weighted by atomic mass is 32.3. The minimum absolute atomic E-state index is 0.125. The van der Waals surface area contributed by atoms with Crippen LogP contribution in [0.2, 0.25) is 0 Å².